The number of pyridine rings is 1. The SMILES string of the molecule is CSc1ccc(OC2C(C)CC3CC2CC(C)C32OCCO2)c(-c2cn(C)c(=O)c3[nH]ccc23)c1. The molecule has 5 atom stereocenters. The van der Waals surface area contributed by atoms with Crippen molar-refractivity contribution in [1.82, 2.24) is 9.55 Å². The maximum Gasteiger partial charge on any atom is 0.274 e. The van der Waals surface area contributed by atoms with Crippen LogP contribution in [0.25, 0.3) is 22.0 Å². The van der Waals surface area contributed by atoms with Gasteiger partial charge in [0.1, 0.15) is 17.4 Å². The van der Waals surface area contributed by atoms with E-state index in [1.54, 1.807) is 23.4 Å². The van der Waals surface area contributed by atoms with Crippen LogP contribution < -0.4 is 10.3 Å². The fraction of sp³-hybridized carbons (Fsp3) is 0.536. The lowest BCUT2D eigenvalue weighted by Crippen LogP contribution is -2.57. The largest absolute Gasteiger partial charge is 0.489 e. The Bertz CT molecular complexity index is 1300. The minimum atomic E-state index is -0.393. The van der Waals surface area contributed by atoms with Gasteiger partial charge in [0.2, 0.25) is 0 Å². The molecule has 3 aliphatic rings. The van der Waals surface area contributed by atoms with E-state index in [0.717, 1.165) is 41.5 Å². The zero-order valence-electron chi connectivity index (χ0n) is 20.9. The Morgan fingerprint density at radius 1 is 1.11 bits per heavy atom. The molecule has 186 valence electrons. The quantitative estimate of drug-likeness (QED) is 0.489. The fourth-order valence-corrected chi connectivity index (χ4v) is 7.42. The monoisotopic (exact) mass is 494 g/mol. The maximum absolute atomic E-state index is 12.7. The van der Waals surface area contributed by atoms with Crippen molar-refractivity contribution in [2.75, 3.05) is 19.5 Å². The first-order chi connectivity index (χ1) is 16.9. The summed E-state index contributed by atoms with van der Waals surface area (Å²) in [4.78, 5) is 17.0. The van der Waals surface area contributed by atoms with Crippen molar-refractivity contribution < 1.29 is 14.2 Å². The summed E-state index contributed by atoms with van der Waals surface area (Å²) in [6, 6.07) is 8.43. The molecule has 3 fully saturated rings. The molecule has 0 amide bonds. The molecule has 2 saturated carbocycles. The lowest BCUT2D eigenvalue weighted by atomic mass is 9.61. The van der Waals surface area contributed by atoms with Crippen molar-refractivity contribution in [3.63, 3.8) is 0 Å². The molecule has 1 N–H and O–H groups in total. The van der Waals surface area contributed by atoms with Gasteiger partial charge in [0.05, 0.1) is 13.2 Å². The fourth-order valence-electron chi connectivity index (χ4n) is 6.98. The van der Waals surface area contributed by atoms with E-state index in [1.807, 2.05) is 18.5 Å². The molecular weight excluding hydrogens is 460 g/mol. The number of rotatable bonds is 4. The number of thioether (sulfide) groups is 1. The Labute approximate surface area is 210 Å². The lowest BCUT2D eigenvalue weighted by molar-refractivity contribution is -0.267. The van der Waals surface area contributed by atoms with Gasteiger partial charge in [-0.25, -0.2) is 0 Å². The molecule has 35 heavy (non-hydrogen) atoms. The van der Waals surface area contributed by atoms with Gasteiger partial charge in [-0.1, -0.05) is 13.8 Å². The Kier molecular flexibility index (Phi) is 5.78. The van der Waals surface area contributed by atoms with Crippen LogP contribution in [0.3, 0.4) is 0 Å². The summed E-state index contributed by atoms with van der Waals surface area (Å²) in [6.07, 6.45) is 9.18. The number of H-pyrrole nitrogens is 1. The molecule has 2 aromatic heterocycles. The third-order valence-corrected chi connectivity index (χ3v) is 9.28. The average molecular weight is 495 g/mol. The minimum Gasteiger partial charge on any atom is -0.489 e. The lowest BCUT2D eigenvalue weighted by Gasteiger charge is -2.53. The third kappa shape index (κ3) is 3.66. The summed E-state index contributed by atoms with van der Waals surface area (Å²) in [5, 5.41) is 0.928. The molecule has 6 nitrogen and oxygen atoms in total. The van der Waals surface area contributed by atoms with Crippen LogP contribution in [0.15, 0.2) is 46.3 Å². The highest BCUT2D eigenvalue weighted by molar-refractivity contribution is 7.98. The van der Waals surface area contributed by atoms with E-state index >= 15 is 0 Å². The average Bonchev–Trinajstić information content (AvgIpc) is 3.54. The smallest absolute Gasteiger partial charge is 0.274 e. The number of benzene rings is 1. The number of aromatic amines is 1. The van der Waals surface area contributed by atoms with Gasteiger partial charge in [0.15, 0.2) is 5.79 Å². The highest BCUT2D eigenvalue weighted by Gasteiger charge is 2.57. The second-order valence-corrected chi connectivity index (χ2v) is 11.5. The second-order valence-electron chi connectivity index (χ2n) is 10.6. The van der Waals surface area contributed by atoms with Gasteiger partial charge in [-0.15, -0.1) is 11.8 Å². The highest BCUT2D eigenvalue weighted by Crippen LogP contribution is 2.54. The first-order valence-corrected chi connectivity index (χ1v) is 13.9. The van der Waals surface area contributed by atoms with Crippen LogP contribution in [0.2, 0.25) is 0 Å². The normalized spacial score (nSPS) is 29.7. The molecule has 2 aliphatic carbocycles. The Hall–Kier alpha value is -2.22. The first-order valence-electron chi connectivity index (χ1n) is 12.7. The van der Waals surface area contributed by atoms with Gasteiger partial charge in [0.25, 0.3) is 5.56 Å². The number of aryl methyl sites for hydroxylation is 1. The van der Waals surface area contributed by atoms with Crippen molar-refractivity contribution in [3.05, 3.63) is 47.0 Å². The molecule has 1 aliphatic heterocycles. The molecule has 5 unspecified atom stereocenters. The molecule has 6 rings (SSSR count). The Morgan fingerprint density at radius 2 is 1.91 bits per heavy atom. The van der Waals surface area contributed by atoms with Gasteiger partial charge < -0.3 is 23.8 Å². The first kappa shape index (κ1) is 23.2. The van der Waals surface area contributed by atoms with Crippen molar-refractivity contribution in [1.29, 1.82) is 0 Å². The number of nitrogens with zero attached hydrogens (tertiary/aromatic N) is 1. The predicted molar refractivity (Wildman–Crippen MR) is 139 cm³/mol. The topological polar surface area (TPSA) is 65.5 Å². The molecule has 3 aromatic rings. The molecule has 1 saturated heterocycles. The summed E-state index contributed by atoms with van der Waals surface area (Å²) >= 11 is 1.71. The van der Waals surface area contributed by atoms with Crippen LogP contribution in [0, 0.1) is 23.7 Å². The van der Waals surface area contributed by atoms with Crippen molar-refractivity contribution >= 4 is 22.7 Å². The van der Waals surface area contributed by atoms with E-state index in [4.69, 9.17) is 14.2 Å². The van der Waals surface area contributed by atoms with Crippen LogP contribution >= 0.6 is 11.8 Å². The predicted octanol–water partition coefficient (Wildman–Crippen LogP) is 5.45. The number of hydrogen-bond acceptors (Lipinski definition) is 5. The van der Waals surface area contributed by atoms with Crippen LogP contribution in [0.5, 0.6) is 5.75 Å². The number of hydrogen-bond donors (Lipinski definition) is 1. The summed E-state index contributed by atoms with van der Waals surface area (Å²) < 4.78 is 21.1. The van der Waals surface area contributed by atoms with Crippen LogP contribution in [0.1, 0.15) is 33.1 Å². The van der Waals surface area contributed by atoms with Crippen molar-refractivity contribution in [3.8, 4) is 16.9 Å². The van der Waals surface area contributed by atoms with Crippen LogP contribution in [-0.4, -0.2) is 40.9 Å². The molecule has 1 spiro atoms. The van der Waals surface area contributed by atoms with Gasteiger partial charge in [-0.2, -0.15) is 0 Å². The highest BCUT2D eigenvalue weighted by atomic mass is 32.2. The zero-order valence-corrected chi connectivity index (χ0v) is 21.7. The van der Waals surface area contributed by atoms with Gasteiger partial charge >= 0.3 is 0 Å². The third-order valence-electron chi connectivity index (χ3n) is 8.55. The number of aromatic nitrogens is 2. The summed E-state index contributed by atoms with van der Waals surface area (Å²) in [5.41, 5.74) is 2.65. The van der Waals surface area contributed by atoms with E-state index in [2.05, 4.69) is 43.3 Å². The Balaban J connectivity index is 1.38. The van der Waals surface area contributed by atoms with Crippen molar-refractivity contribution in [2.45, 2.75) is 49.9 Å². The Morgan fingerprint density at radius 3 is 2.69 bits per heavy atom. The van der Waals surface area contributed by atoms with Gasteiger partial charge in [0, 0.05) is 52.7 Å². The van der Waals surface area contributed by atoms with Crippen molar-refractivity contribution in [2.24, 2.45) is 30.7 Å². The van der Waals surface area contributed by atoms with E-state index in [9.17, 15) is 4.79 Å². The molecule has 3 heterocycles. The maximum atomic E-state index is 12.7. The van der Waals surface area contributed by atoms with E-state index in [-0.39, 0.29) is 11.7 Å². The van der Waals surface area contributed by atoms with Gasteiger partial charge in [-0.05, 0) is 61.6 Å². The number of ether oxygens (including phenoxy) is 3. The standard InChI is InChI=1S/C28H34N2O4S/c1-16-11-19-13-18(12-17(2)28(19)32-9-10-33-28)26(16)34-24-6-5-20(35-4)14-22(24)23-15-30(3)27(31)25-21(23)7-8-29-25/h5-8,14-19,26,29H,9-13H2,1-4H3. The number of nitrogens with one attached hydrogen (secondary N) is 1. The van der Waals surface area contributed by atoms with Gasteiger partial charge in [-0.3, -0.25) is 4.79 Å². The molecule has 2 bridgehead atoms. The van der Waals surface area contributed by atoms with E-state index in [1.165, 1.54) is 4.90 Å². The molecular formula is C28H34N2O4S. The van der Waals surface area contributed by atoms with Crippen LogP contribution in [0.4, 0.5) is 0 Å². The molecule has 7 heteroatoms. The summed E-state index contributed by atoms with van der Waals surface area (Å²) in [5.74, 6) is 2.15. The summed E-state index contributed by atoms with van der Waals surface area (Å²) in [7, 11) is 1.81. The zero-order chi connectivity index (χ0) is 24.3. The minimum absolute atomic E-state index is 0.0225. The summed E-state index contributed by atoms with van der Waals surface area (Å²) in [6.45, 7) is 6.01. The van der Waals surface area contributed by atoms with E-state index in [0.29, 0.717) is 42.4 Å². The molecule has 0 radical (unpaired) electrons. The van der Waals surface area contributed by atoms with Crippen LogP contribution in [-0.2, 0) is 16.5 Å². The van der Waals surface area contributed by atoms with E-state index < -0.39 is 5.79 Å². The number of fused-ring (bicyclic) bond motifs is 4. The second kappa shape index (κ2) is 8.71. The molecule has 1 aromatic carbocycles.